The molecule has 26 heavy (non-hydrogen) atoms. The van der Waals surface area contributed by atoms with E-state index in [2.05, 4.69) is 22.4 Å². The van der Waals surface area contributed by atoms with Crippen LogP contribution >= 0.6 is 0 Å². The van der Waals surface area contributed by atoms with Gasteiger partial charge in [0.15, 0.2) is 0 Å². The molecule has 128 valence electrons. The summed E-state index contributed by atoms with van der Waals surface area (Å²) in [5.74, 6) is 0.487. The quantitative estimate of drug-likeness (QED) is 0.787. The maximum absolute atomic E-state index is 12.4. The molecule has 1 saturated carbocycles. The highest BCUT2D eigenvalue weighted by Gasteiger charge is 2.31. The number of carbonyl (C=O) groups excluding carboxylic acids is 1. The smallest absolute Gasteiger partial charge is 0.224 e. The molecule has 1 aliphatic carbocycles. The zero-order chi connectivity index (χ0) is 17.9. The minimum absolute atomic E-state index is 0.0588. The second-order valence-corrected chi connectivity index (χ2v) is 6.86. The van der Waals surface area contributed by atoms with Gasteiger partial charge >= 0.3 is 0 Å². The zero-order valence-electron chi connectivity index (χ0n) is 14.4. The molecule has 1 amide bonds. The van der Waals surface area contributed by atoms with Crippen molar-refractivity contribution in [3.63, 3.8) is 0 Å². The fourth-order valence-corrected chi connectivity index (χ4v) is 3.67. The lowest BCUT2D eigenvalue weighted by Gasteiger charge is -2.36. The number of carbonyl (C=O) groups is 1. The van der Waals surface area contributed by atoms with Gasteiger partial charge in [0.2, 0.25) is 5.91 Å². The normalized spacial score (nSPS) is 18.7. The van der Waals surface area contributed by atoms with E-state index < -0.39 is 0 Å². The molecule has 0 aliphatic heterocycles. The van der Waals surface area contributed by atoms with Crippen LogP contribution in [0.3, 0.4) is 0 Å². The van der Waals surface area contributed by atoms with Crippen molar-refractivity contribution < 1.29 is 4.79 Å². The molecule has 1 N–H and O–H groups in total. The highest BCUT2D eigenvalue weighted by Crippen LogP contribution is 2.37. The van der Waals surface area contributed by atoms with Gasteiger partial charge in [0.1, 0.15) is 0 Å². The first kappa shape index (κ1) is 16.3. The van der Waals surface area contributed by atoms with E-state index in [1.807, 2.05) is 48.7 Å². The van der Waals surface area contributed by atoms with E-state index in [9.17, 15) is 4.79 Å². The Bertz CT molecular complexity index is 994. The molecule has 0 unspecified atom stereocenters. The van der Waals surface area contributed by atoms with Crippen LogP contribution in [-0.2, 0) is 11.2 Å². The highest BCUT2D eigenvalue weighted by molar-refractivity contribution is 5.89. The second-order valence-electron chi connectivity index (χ2n) is 6.86. The average molecular weight is 341 g/mol. The summed E-state index contributed by atoms with van der Waals surface area (Å²) in [7, 11) is 0. The van der Waals surface area contributed by atoms with Crippen molar-refractivity contribution in [3.8, 4) is 6.07 Å². The third-order valence-electron chi connectivity index (χ3n) is 5.11. The number of pyridine rings is 1. The Hall–Kier alpha value is -3.19. The lowest BCUT2D eigenvalue weighted by molar-refractivity contribution is -0.121. The molecule has 0 atom stereocenters. The maximum Gasteiger partial charge on any atom is 0.224 e. The third-order valence-corrected chi connectivity index (χ3v) is 5.11. The predicted molar refractivity (Wildman–Crippen MR) is 101 cm³/mol. The Labute approximate surface area is 152 Å². The monoisotopic (exact) mass is 341 g/mol. The van der Waals surface area contributed by atoms with Gasteiger partial charge in [0.05, 0.1) is 18.1 Å². The Morgan fingerprint density at radius 3 is 2.88 bits per heavy atom. The number of nitrogens with one attached hydrogen (secondary N) is 1. The summed E-state index contributed by atoms with van der Waals surface area (Å²) in [6.07, 6.45) is 5.82. The molecule has 0 radical (unpaired) electrons. The fourth-order valence-electron chi connectivity index (χ4n) is 3.67. The van der Waals surface area contributed by atoms with Crippen molar-refractivity contribution in [2.24, 2.45) is 0 Å². The van der Waals surface area contributed by atoms with Crippen LogP contribution in [0, 0.1) is 11.3 Å². The van der Waals surface area contributed by atoms with Gasteiger partial charge in [-0.05, 0) is 53.5 Å². The van der Waals surface area contributed by atoms with Gasteiger partial charge in [0.25, 0.3) is 0 Å². The first-order chi connectivity index (χ1) is 12.7. The number of hydrogen-bond acceptors (Lipinski definition) is 3. The Balaban J connectivity index is 1.36. The van der Waals surface area contributed by atoms with Crippen LogP contribution in [0.25, 0.3) is 10.8 Å². The topological polar surface area (TPSA) is 65.8 Å². The van der Waals surface area contributed by atoms with E-state index in [0.717, 1.165) is 29.2 Å². The van der Waals surface area contributed by atoms with E-state index >= 15 is 0 Å². The van der Waals surface area contributed by atoms with E-state index in [1.165, 1.54) is 5.56 Å². The number of aromatic nitrogens is 1. The van der Waals surface area contributed by atoms with Gasteiger partial charge in [-0.3, -0.25) is 9.78 Å². The number of nitrogens with zero attached hydrogens (tertiary/aromatic N) is 2. The van der Waals surface area contributed by atoms with E-state index in [1.54, 1.807) is 6.20 Å². The van der Waals surface area contributed by atoms with Crippen LogP contribution in [0.1, 0.15) is 35.4 Å². The first-order valence-corrected chi connectivity index (χ1v) is 8.84. The summed E-state index contributed by atoms with van der Waals surface area (Å²) in [5, 5.41) is 14.3. The summed E-state index contributed by atoms with van der Waals surface area (Å²) >= 11 is 0. The largest absolute Gasteiger partial charge is 0.353 e. The minimum atomic E-state index is 0.0588. The van der Waals surface area contributed by atoms with Crippen molar-refractivity contribution in [2.75, 3.05) is 0 Å². The second kappa shape index (κ2) is 6.97. The Morgan fingerprint density at radius 1 is 1.19 bits per heavy atom. The molecule has 0 saturated heterocycles. The SMILES string of the molecule is N#Cc1cccc(C2CC(NC(=O)Cc3cccc4cnccc34)C2)c1. The van der Waals surface area contributed by atoms with Crippen molar-refractivity contribution in [1.82, 2.24) is 10.3 Å². The fraction of sp³-hybridized carbons (Fsp3) is 0.227. The van der Waals surface area contributed by atoms with Gasteiger partial charge < -0.3 is 5.32 Å². The first-order valence-electron chi connectivity index (χ1n) is 8.84. The third kappa shape index (κ3) is 3.29. The molecule has 1 heterocycles. The molecule has 4 heteroatoms. The van der Waals surface area contributed by atoms with Gasteiger partial charge in [-0.25, -0.2) is 0 Å². The number of nitriles is 1. The van der Waals surface area contributed by atoms with Crippen LogP contribution in [0.2, 0.25) is 0 Å². The van der Waals surface area contributed by atoms with Crippen molar-refractivity contribution in [3.05, 3.63) is 77.6 Å². The lowest BCUT2D eigenvalue weighted by Crippen LogP contribution is -2.44. The number of hydrogen-bond donors (Lipinski definition) is 1. The van der Waals surface area contributed by atoms with E-state index in [0.29, 0.717) is 17.9 Å². The van der Waals surface area contributed by atoms with Gasteiger partial charge in [0, 0.05) is 23.8 Å². The summed E-state index contributed by atoms with van der Waals surface area (Å²) in [6.45, 7) is 0. The Kier molecular flexibility index (Phi) is 4.37. The number of amides is 1. The molecule has 1 fully saturated rings. The van der Waals surface area contributed by atoms with E-state index in [4.69, 9.17) is 5.26 Å². The average Bonchev–Trinajstić information content (AvgIpc) is 2.64. The highest BCUT2D eigenvalue weighted by atomic mass is 16.1. The summed E-state index contributed by atoms with van der Waals surface area (Å²) in [5.41, 5.74) is 2.91. The number of rotatable bonds is 4. The van der Waals surface area contributed by atoms with Crippen LogP contribution in [-0.4, -0.2) is 16.9 Å². The Morgan fingerprint density at radius 2 is 2.04 bits per heavy atom. The summed E-state index contributed by atoms with van der Waals surface area (Å²) in [6, 6.07) is 18.1. The molecule has 1 aliphatic rings. The lowest BCUT2D eigenvalue weighted by atomic mass is 9.75. The molecular formula is C22H19N3O. The summed E-state index contributed by atoms with van der Waals surface area (Å²) in [4.78, 5) is 16.6. The van der Waals surface area contributed by atoms with Crippen LogP contribution in [0.5, 0.6) is 0 Å². The molecule has 0 spiro atoms. The minimum Gasteiger partial charge on any atom is -0.353 e. The maximum atomic E-state index is 12.4. The van der Waals surface area contributed by atoms with Gasteiger partial charge in [-0.15, -0.1) is 0 Å². The van der Waals surface area contributed by atoms with Crippen molar-refractivity contribution >= 4 is 16.7 Å². The van der Waals surface area contributed by atoms with Gasteiger partial charge in [-0.2, -0.15) is 5.26 Å². The molecule has 4 rings (SSSR count). The number of fused-ring (bicyclic) bond motifs is 1. The molecule has 3 aromatic rings. The van der Waals surface area contributed by atoms with Crippen LogP contribution in [0.15, 0.2) is 60.9 Å². The van der Waals surface area contributed by atoms with Crippen LogP contribution < -0.4 is 5.32 Å². The van der Waals surface area contributed by atoms with Crippen molar-refractivity contribution in [2.45, 2.75) is 31.2 Å². The molecule has 0 bridgehead atoms. The van der Waals surface area contributed by atoms with Crippen molar-refractivity contribution in [1.29, 1.82) is 5.26 Å². The number of benzene rings is 2. The summed E-state index contributed by atoms with van der Waals surface area (Å²) < 4.78 is 0. The van der Waals surface area contributed by atoms with Crippen LogP contribution in [0.4, 0.5) is 0 Å². The predicted octanol–water partition coefficient (Wildman–Crippen LogP) is 3.71. The zero-order valence-corrected chi connectivity index (χ0v) is 14.4. The van der Waals surface area contributed by atoms with E-state index in [-0.39, 0.29) is 11.9 Å². The molecule has 1 aromatic heterocycles. The molecular weight excluding hydrogens is 322 g/mol. The standard InChI is InChI=1S/C22H19N3O/c23-13-15-3-1-4-16(9-15)19-10-20(11-19)25-22(26)12-17-5-2-6-18-14-24-8-7-21(17)18/h1-9,14,19-20H,10-12H2,(H,25,26). The molecule has 4 nitrogen and oxygen atoms in total. The van der Waals surface area contributed by atoms with Gasteiger partial charge in [-0.1, -0.05) is 30.3 Å². The molecule has 2 aromatic carbocycles.